The van der Waals surface area contributed by atoms with E-state index >= 15 is 0 Å². The van der Waals surface area contributed by atoms with Crippen LogP contribution >= 0.6 is 0 Å². The smallest absolute Gasteiger partial charge is 0.321 e. The maximum Gasteiger partial charge on any atom is 0.321 e. The lowest BCUT2D eigenvalue weighted by atomic mass is 10.1. The molecular weight excluding hydrogens is 178 g/mol. The summed E-state index contributed by atoms with van der Waals surface area (Å²) in [5.41, 5.74) is 0. The average Bonchev–Trinajstić information content (AvgIpc) is 2.81. The van der Waals surface area contributed by atoms with Crippen LogP contribution in [0.4, 0.5) is 6.01 Å². The second-order valence-corrected chi connectivity index (χ2v) is 4.37. The van der Waals surface area contributed by atoms with E-state index < -0.39 is 0 Å². The predicted octanol–water partition coefficient (Wildman–Crippen LogP) is 2.23. The number of aryl methyl sites for hydroxylation is 1. The highest BCUT2D eigenvalue weighted by molar-refractivity contribution is 5.23. The van der Waals surface area contributed by atoms with Crippen molar-refractivity contribution in [2.75, 3.05) is 5.32 Å². The van der Waals surface area contributed by atoms with Crippen LogP contribution < -0.4 is 5.32 Å². The highest BCUT2D eigenvalue weighted by atomic mass is 16.5. The standard InChI is InChI=1S/C10H17N3O/c1-7(2)3-6-9-12-10(14-13-9)11-8-4-5-8/h7-8H,3-6H2,1-2H3,(H,11,12,13). The first-order chi connectivity index (χ1) is 6.74. The Balaban J connectivity index is 1.82. The molecule has 1 aliphatic carbocycles. The van der Waals surface area contributed by atoms with Crippen LogP contribution in [-0.4, -0.2) is 16.2 Å². The summed E-state index contributed by atoms with van der Waals surface area (Å²) in [6.45, 7) is 4.40. The van der Waals surface area contributed by atoms with E-state index in [-0.39, 0.29) is 0 Å². The van der Waals surface area contributed by atoms with Crippen molar-refractivity contribution in [2.24, 2.45) is 5.92 Å². The maximum atomic E-state index is 5.08. The topological polar surface area (TPSA) is 51.0 Å². The number of aromatic nitrogens is 2. The Hall–Kier alpha value is -1.06. The van der Waals surface area contributed by atoms with Gasteiger partial charge in [-0.1, -0.05) is 19.0 Å². The van der Waals surface area contributed by atoms with E-state index in [1.54, 1.807) is 0 Å². The third kappa shape index (κ3) is 2.72. The minimum absolute atomic E-state index is 0.577. The first kappa shape index (κ1) is 9.49. The van der Waals surface area contributed by atoms with E-state index in [1.165, 1.54) is 12.8 Å². The zero-order valence-corrected chi connectivity index (χ0v) is 8.79. The molecule has 1 fully saturated rings. The van der Waals surface area contributed by atoms with Crippen LogP contribution in [0.1, 0.15) is 38.9 Å². The largest absolute Gasteiger partial charge is 0.335 e. The van der Waals surface area contributed by atoms with Gasteiger partial charge >= 0.3 is 6.01 Å². The molecule has 0 amide bonds. The van der Waals surface area contributed by atoms with E-state index in [0.717, 1.165) is 18.7 Å². The van der Waals surface area contributed by atoms with Crippen LogP contribution in [0, 0.1) is 5.92 Å². The monoisotopic (exact) mass is 195 g/mol. The summed E-state index contributed by atoms with van der Waals surface area (Å²) in [4.78, 5) is 4.27. The molecule has 0 bridgehead atoms. The van der Waals surface area contributed by atoms with Gasteiger partial charge in [-0.25, -0.2) is 0 Å². The highest BCUT2D eigenvalue weighted by Crippen LogP contribution is 2.23. The van der Waals surface area contributed by atoms with Crippen LogP contribution in [-0.2, 0) is 6.42 Å². The third-order valence-electron chi connectivity index (χ3n) is 2.32. The van der Waals surface area contributed by atoms with E-state index in [2.05, 4.69) is 29.3 Å². The Kier molecular flexibility index (Phi) is 2.70. The fraction of sp³-hybridized carbons (Fsp3) is 0.800. The molecule has 1 saturated carbocycles. The van der Waals surface area contributed by atoms with Crippen LogP contribution in [0.25, 0.3) is 0 Å². The lowest BCUT2D eigenvalue weighted by molar-refractivity contribution is 0.418. The fourth-order valence-corrected chi connectivity index (χ4v) is 1.23. The van der Waals surface area contributed by atoms with Crippen molar-refractivity contribution in [3.05, 3.63) is 5.82 Å². The summed E-state index contributed by atoms with van der Waals surface area (Å²) < 4.78 is 5.08. The Morgan fingerprint density at radius 1 is 1.50 bits per heavy atom. The fourth-order valence-electron chi connectivity index (χ4n) is 1.23. The second-order valence-electron chi connectivity index (χ2n) is 4.37. The molecule has 1 N–H and O–H groups in total. The van der Waals surface area contributed by atoms with Crippen molar-refractivity contribution >= 4 is 6.01 Å². The van der Waals surface area contributed by atoms with Gasteiger partial charge in [0.2, 0.25) is 0 Å². The van der Waals surface area contributed by atoms with Crippen LogP contribution in [0.2, 0.25) is 0 Å². The number of nitrogens with one attached hydrogen (secondary N) is 1. The van der Waals surface area contributed by atoms with E-state index in [9.17, 15) is 0 Å². The van der Waals surface area contributed by atoms with E-state index in [0.29, 0.717) is 18.0 Å². The number of rotatable bonds is 5. The summed E-state index contributed by atoms with van der Waals surface area (Å²) >= 11 is 0. The SMILES string of the molecule is CC(C)CCc1noc(NC2CC2)n1. The van der Waals surface area contributed by atoms with Gasteiger partial charge in [0.15, 0.2) is 5.82 Å². The normalized spacial score (nSPS) is 16.2. The molecule has 0 saturated heterocycles. The van der Waals surface area contributed by atoms with Gasteiger partial charge in [0.05, 0.1) is 0 Å². The number of anilines is 1. The molecule has 78 valence electrons. The zero-order valence-electron chi connectivity index (χ0n) is 8.79. The Bertz CT molecular complexity index is 291. The zero-order chi connectivity index (χ0) is 9.97. The molecule has 2 rings (SSSR count). The molecule has 1 aliphatic rings. The average molecular weight is 195 g/mol. The highest BCUT2D eigenvalue weighted by Gasteiger charge is 2.23. The Labute approximate surface area is 84.1 Å². The summed E-state index contributed by atoms with van der Waals surface area (Å²) in [5.74, 6) is 1.51. The minimum atomic E-state index is 0.577. The van der Waals surface area contributed by atoms with Gasteiger partial charge in [-0.3, -0.25) is 0 Å². The number of nitrogens with zero attached hydrogens (tertiary/aromatic N) is 2. The van der Waals surface area contributed by atoms with Gasteiger partial charge in [-0.15, -0.1) is 0 Å². The molecule has 1 heterocycles. The summed E-state index contributed by atoms with van der Waals surface area (Å²) in [5, 5.41) is 7.10. The maximum absolute atomic E-state index is 5.08. The summed E-state index contributed by atoms with van der Waals surface area (Å²) in [6.07, 6.45) is 4.48. The predicted molar refractivity (Wildman–Crippen MR) is 54.1 cm³/mol. The Morgan fingerprint density at radius 3 is 2.93 bits per heavy atom. The van der Waals surface area contributed by atoms with Crippen molar-refractivity contribution in [1.82, 2.24) is 10.1 Å². The number of hydrogen-bond donors (Lipinski definition) is 1. The first-order valence-corrected chi connectivity index (χ1v) is 5.33. The van der Waals surface area contributed by atoms with E-state index in [1.807, 2.05) is 0 Å². The molecule has 0 aliphatic heterocycles. The quantitative estimate of drug-likeness (QED) is 0.782. The van der Waals surface area contributed by atoms with Crippen molar-refractivity contribution in [3.63, 3.8) is 0 Å². The van der Waals surface area contributed by atoms with Crippen molar-refractivity contribution in [1.29, 1.82) is 0 Å². The van der Waals surface area contributed by atoms with Gasteiger partial charge in [0.25, 0.3) is 0 Å². The molecule has 0 atom stereocenters. The van der Waals surface area contributed by atoms with Gasteiger partial charge in [0.1, 0.15) is 0 Å². The van der Waals surface area contributed by atoms with Gasteiger partial charge in [0, 0.05) is 12.5 Å². The molecular formula is C10H17N3O. The molecule has 0 aromatic carbocycles. The van der Waals surface area contributed by atoms with E-state index in [4.69, 9.17) is 4.52 Å². The van der Waals surface area contributed by atoms with Crippen LogP contribution in [0.5, 0.6) is 0 Å². The van der Waals surface area contributed by atoms with Crippen molar-refractivity contribution < 1.29 is 4.52 Å². The van der Waals surface area contributed by atoms with Gasteiger partial charge in [-0.05, 0) is 25.2 Å². The Morgan fingerprint density at radius 2 is 2.29 bits per heavy atom. The summed E-state index contributed by atoms with van der Waals surface area (Å²) in [6, 6.07) is 1.17. The van der Waals surface area contributed by atoms with Gasteiger partial charge < -0.3 is 9.84 Å². The molecule has 1 aromatic rings. The molecule has 14 heavy (non-hydrogen) atoms. The molecule has 1 aromatic heterocycles. The second kappa shape index (κ2) is 3.98. The molecule has 4 heteroatoms. The third-order valence-corrected chi connectivity index (χ3v) is 2.32. The molecule has 0 radical (unpaired) electrons. The minimum Gasteiger partial charge on any atom is -0.335 e. The number of hydrogen-bond acceptors (Lipinski definition) is 4. The lowest BCUT2D eigenvalue weighted by Gasteiger charge is -1.98. The van der Waals surface area contributed by atoms with Crippen molar-refractivity contribution in [2.45, 2.75) is 45.6 Å². The first-order valence-electron chi connectivity index (χ1n) is 5.33. The molecule has 0 unspecified atom stereocenters. The van der Waals surface area contributed by atoms with Crippen LogP contribution in [0.3, 0.4) is 0 Å². The van der Waals surface area contributed by atoms with Crippen LogP contribution in [0.15, 0.2) is 4.52 Å². The lowest BCUT2D eigenvalue weighted by Crippen LogP contribution is -2.01. The molecule has 0 spiro atoms. The summed E-state index contributed by atoms with van der Waals surface area (Å²) in [7, 11) is 0. The van der Waals surface area contributed by atoms with Gasteiger partial charge in [-0.2, -0.15) is 4.98 Å². The molecule has 4 nitrogen and oxygen atoms in total. The van der Waals surface area contributed by atoms with Crippen molar-refractivity contribution in [3.8, 4) is 0 Å².